The quantitative estimate of drug-likeness (QED) is 0.153. The monoisotopic (exact) mass is 440 g/mol. The Balaban J connectivity index is 0.000000196. The Morgan fingerprint density at radius 3 is 2.77 bits per heavy atom. The first-order chi connectivity index (χ1) is 15.2. The number of thiazole rings is 1. The van der Waals surface area contributed by atoms with Gasteiger partial charge in [-0.2, -0.15) is 5.10 Å². The fourth-order valence-electron chi connectivity index (χ4n) is 3.52. The van der Waals surface area contributed by atoms with E-state index in [2.05, 4.69) is 50.0 Å². The van der Waals surface area contributed by atoms with Gasteiger partial charge in [0.05, 0.1) is 18.3 Å². The first-order valence-corrected chi connectivity index (χ1v) is 10.9. The lowest BCUT2D eigenvalue weighted by molar-refractivity contribution is -0.105. The average molecular weight is 441 g/mol. The first kappa shape index (κ1) is 22.3. The Morgan fingerprint density at radius 2 is 2.13 bits per heavy atom. The molecule has 1 aliphatic heterocycles. The molecule has 2 aromatic heterocycles. The number of nitrogens with zero attached hydrogens (tertiary/aromatic N) is 4. The van der Waals surface area contributed by atoms with Crippen molar-refractivity contribution in [3.63, 3.8) is 0 Å². The zero-order valence-electron chi connectivity index (χ0n) is 17.4. The van der Waals surface area contributed by atoms with Gasteiger partial charge in [0.1, 0.15) is 0 Å². The van der Waals surface area contributed by atoms with E-state index in [-0.39, 0.29) is 0 Å². The second kappa shape index (κ2) is 11.1. The van der Waals surface area contributed by atoms with Crippen molar-refractivity contribution in [3.8, 4) is 0 Å². The van der Waals surface area contributed by atoms with Crippen LogP contribution in [0.3, 0.4) is 0 Å². The number of carbonyl (C=O) groups is 1. The summed E-state index contributed by atoms with van der Waals surface area (Å²) in [5.74, 6) is 10.8. The normalized spacial score (nSPS) is 15.9. The second-order valence-corrected chi connectivity index (χ2v) is 7.88. The van der Waals surface area contributed by atoms with Gasteiger partial charge in [-0.05, 0) is 44.0 Å². The van der Waals surface area contributed by atoms with Gasteiger partial charge in [-0.15, -0.1) is 11.3 Å². The van der Waals surface area contributed by atoms with E-state index < -0.39 is 0 Å². The van der Waals surface area contributed by atoms with Crippen molar-refractivity contribution in [3.05, 3.63) is 65.4 Å². The predicted molar refractivity (Wildman–Crippen MR) is 126 cm³/mol. The summed E-state index contributed by atoms with van der Waals surface area (Å²) in [7, 11) is 0. The third-order valence-electron chi connectivity index (χ3n) is 5.09. The highest BCUT2D eigenvalue weighted by Gasteiger charge is 2.28. The van der Waals surface area contributed by atoms with Crippen LogP contribution in [-0.4, -0.2) is 28.3 Å². The van der Waals surface area contributed by atoms with Gasteiger partial charge in [-0.1, -0.05) is 18.2 Å². The minimum atomic E-state index is 0.320. The molecule has 10 heteroatoms. The fraction of sp³-hybridized carbons (Fsp3) is 0.286. The molecule has 0 saturated carbocycles. The number of hydrazone groups is 1. The minimum absolute atomic E-state index is 0.320. The van der Waals surface area contributed by atoms with E-state index >= 15 is 0 Å². The number of hydrogen-bond donors (Lipinski definition) is 4. The Morgan fingerprint density at radius 1 is 1.32 bits per heavy atom. The van der Waals surface area contributed by atoms with Crippen molar-refractivity contribution in [1.82, 2.24) is 15.0 Å². The van der Waals surface area contributed by atoms with Crippen LogP contribution in [0.1, 0.15) is 30.3 Å². The highest BCUT2D eigenvalue weighted by molar-refractivity contribution is 7.13. The molecule has 1 aromatic carbocycles. The number of para-hydroxylation sites is 1. The van der Waals surface area contributed by atoms with Crippen LogP contribution in [0.25, 0.3) is 0 Å². The molecule has 6 N–H and O–H groups in total. The van der Waals surface area contributed by atoms with E-state index in [1.807, 2.05) is 41.3 Å². The Bertz CT molecular complexity index is 984. The van der Waals surface area contributed by atoms with Gasteiger partial charge in [-0.3, -0.25) is 4.79 Å². The highest BCUT2D eigenvalue weighted by Crippen LogP contribution is 2.36. The topological polar surface area (TPSA) is 127 Å². The molecule has 0 aliphatic carbocycles. The molecule has 1 amide bonds. The molecular formula is C21H28N8OS. The van der Waals surface area contributed by atoms with E-state index in [1.54, 1.807) is 0 Å². The van der Waals surface area contributed by atoms with Gasteiger partial charge < -0.3 is 26.1 Å². The number of hydrazine groups is 1. The van der Waals surface area contributed by atoms with Crippen LogP contribution in [-0.2, 0) is 11.3 Å². The smallest absolute Gasteiger partial charge is 0.213 e. The van der Waals surface area contributed by atoms with Gasteiger partial charge in [0.15, 0.2) is 11.0 Å². The molecule has 0 radical (unpaired) electrons. The summed E-state index contributed by atoms with van der Waals surface area (Å²) in [6.45, 7) is 3.64. The minimum Gasteiger partial charge on any atom is -0.363 e. The van der Waals surface area contributed by atoms with E-state index in [0.29, 0.717) is 30.0 Å². The van der Waals surface area contributed by atoms with Crippen molar-refractivity contribution >= 4 is 34.4 Å². The van der Waals surface area contributed by atoms with Crippen LogP contribution >= 0.6 is 11.3 Å². The lowest BCUT2D eigenvalue weighted by Crippen LogP contribution is -2.34. The lowest BCUT2D eigenvalue weighted by atomic mass is 10.1. The van der Waals surface area contributed by atoms with Crippen LogP contribution in [0.4, 0.5) is 10.8 Å². The van der Waals surface area contributed by atoms with Crippen LogP contribution in [0.2, 0.25) is 0 Å². The van der Waals surface area contributed by atoms with Crippen LogP contribution in [0, 0.1) is 6.92 Å². The maximum atomic E-state index is 10.4. The summed E-state index contributed by atoms with van der Waals surface area (Å²) < 4.78 is 1.99. The summed E-state index contributed by atoms with van der Waals surface area (Å²) in [6.07, 6.45) is 4.90. The van der Waals surface area contributed by atoms with Crippen molar-refractivity contribution in [2.45, 2.75) is 32.4 Å². The molecule has 1 saturated heterocycles. The molecule has 31 heavy (non-hydrogen) atoms. The van der Waals surface area contributed by atoms with Crippen LogP contribution < -0.4 is 27.3 Å². The first-order valence-electron chi connectivity index (χ1n) is 9.98. The number of nitrogens with one attached hydrogen (secondary N) is 2. The van der Waals surface area contributed by atoms with E-state index in [0.717, 1.165) is 24.4 Å². The lowest BCUT2D eigenvalue weighted by Gasteiger charge is -2.25. The van der Waals surface area contributed by atoms with Crippen LogP contribution in [0.5, 0.6) is 0 Å². The number of aromatic nitrogens is 2. The summed E-state index contributed by atoms with van der Waals surface area (Å²) in [4.78, 5) is 17.3. The third kappa shape index (κ3) is 5.83. The largest absolute Gasteiger partial charge is 0.363 e. The van der Waals surface area contributed by atoms with Gasteiger partial charge in [-0.25, -0.2) is 10.8 Å². The summed E-state index contributed by atoms with van der Waals surface area (Å²) >= 11 is 1.48. The number of rotatable bonds is 6. The average Bonchev–Trinajstić information content (AvgIpc) is 3.54. The Hall–Kier alpha value is -3.37. The molecule has 4 rings (SSSR count). The highest BCUT2D eigenvalue weighted by atomic mass is 32.1. The fourth-order valence-corrected chi connectivity index (χ4v) is 4.24. The van der Waals surface area contributed by atoms with Crippen molar-refractivity contribution in [2.75, 3.05) is 16.8 Å². The van der Waals surface area contributed by atoms with Crippen LogP contribution in [0.15, 0.2) is 59.1 Å². The van der Waals surface area contributed by atoms with Gasteiger partial charge in [0.2, 0.25) is 6.41 Å². The van der Waals surface area contributed by atoms with Gasteiger partial charge in [0, 0.05) is 29.5 Å². The van der Waals surface area contributed by atoms with Crippen molar-refractivity contribution in [1.29, 1.82) is 0 Å². The molecular weight excluding hydrogens is 412 g/mol. The number of carbonyl (C=O) groups excluding carboxylic acids is 1. The number of amidine groups is 1. The molecule has 1 unspecified atom stereocenters. The van der Waals surface area contributed by atoms with Crippen molar-refractivity contribution in [2.24, 2.45) is 16.8 Å². The molecule has 0 spiro atoms. The molecule has 3 aromatic rings. The van der Waals surface area contributed by atoms with Gasteiger partial charge >= 0.3 is 0 Å². The molecule has 3 heterocycles. The molecule has 1 aliphatic rings. The SMILES string of the molecule is Cc1cccn1C/C(=N/N)NN.O=CNc1nc(C2CCCN2c2ccccc2)cs1. The number of nitrogens with two attached hydrogens (primary N) is 2. The summed E-state index contributed by atoms with van der Waals surface area (Å²) in [6, 6.07) is 14.7. The van der Waals surface area contributed by atoms with E-state index in [9.17, 15) is 4.79 Å². The number of amides is 1. The molecule has 1 atom stereocenters. The van der Waals surface area contributed by atoms with E-state index in [1.165, 1.54) is 23.4 Å². The number of aryl methyl sites for hydroxylation is 1. The molecule has 164 valence electrons. The maximum absolute atomic E-state index is 10.4. The maximum Gasteiger partial charge on any atom is 0.213 e. The number of anilines is 2. The number of benzene rings is 1. The Labute approximate surface area is 185 Å². The molecule has 1 fully saturated rings. The molecule has 9 nitrogen and oxygen atoms in total. The Kier molecular flexibility index (Phi) is 8.02. The van der Waals surface area contributed by atoms with Gasteiger partial charge in [0.25, 0.3) is 0 Å². The zero-order valence-corrected chi connectivity index (χ0v) is 18.3. The standard InChI is InChI=1S/C14H15N3OS.C7H13N5/c18-10-15-14-16-12(9-19-14)13-7-4-8-17(13)11-5-2-1-3-6-11;1-6-3-2-4-12(6)5-7(10-8)11-9/h1-3,5-6,9-10,13H,4,7-8H2,(H,15,16,18);2-4H,5,8-9H2,1H3,(H,10,11). The zero-order chi connectivity index (χ0) is 22.1. The molecule has 0 bridgehead atoms. The van der Waals surface area contributed by atoms with E-state index in [4.69, 9.17) is 11.7 Å². The summed E-state index contributed by atoms with van der Waals surface area (Å²) in [5, 5.41) is 8.81. The number of hydrogen-bond acceptors (Lipinski definition) is 7. The third-order valence-corrected chi connectivity index (χ3v) is 5.88. The predicted octanol–water partition coefficient (Wildman–Crippen LogP) is 2.58. The van der Waals surface area contributed by atoms with Crippen molar-refractivity contribution < 1.29 is 4.79 Å². The summed E-state index contributed by atoms with van der Waals surface area (Å²) in [5.41, 5.74) is 5.86. The second-order valence-electron chi connectivity index (χ2n) is 7.02.